The summed E-state index contributed by atoms with van der Waals surface area (Å²) in [5.41, 5.74) is 0.328. The molecule has 0 N–H and O–H groups in total. The van der Waals surface area contributed by atoms with E-state index in [1.165, 1.54) is 4.31 Å². The van der Waals surface area contributed by atoms with Gasteiger partial charge in [0.15, 0.2) is 11.9 Å². The molecule has 0 aliphatic carbocycles. The average Bonchev–Trinajstić information content (AvgIpc) is 3.11. The first-order valence-electron chi connectivity index (χ1n) is 11.1. The fraction of sp³-hybridized carbons (Fsp3) is 0.762. The van der Waals surface area contributed by atoms with Gasteiger partial charge in [-0.3, -0.25) is 9.59 Å². The summed E-state index contributed by atoms with van der Waals surface area (Å²) in [5.74, 6) is -0.734. The highest BCUT2D eigenvalue weighted by molar-refractivity contribution is 7.89. The minimum atomic E-state index is -3.73. The van der Waals surface area contributed by atoms with Gasteiger partial charge in [0, 0.05) is 25.7 Å². The summed E-state index contributed by atoms with van der Waals surface area (Å²) in [7, 11) is -3.73. The molecule has 2 fully saturated rings. The van der Waals surface area contributed by atoms with Gasteiger partial charge < -0.3 is 14.2 Å². The number of esters is 1. The Hall–Kier alpha value is -1.94. The zero-order valence-corrected chi connectivity index (χ0v) is 19.6. The predicted octanol–water partition coefficient (Wildman–Crippen LogP) is 2.41. The van der Waals surface area contributed by atoms with E-state index in [9.17, 15) is 18.0 Å². The maximum absolute atomic E-state index is 12.9. The maximum Gasteiger partial charge on any atom is 0.309 e. The minimum absolute atomic E-state index is 0.0970. The second-order valence-corrected chi connectivity index (χ2v) is 10.4. The van der Waals surface area contributed by atoms with Crippen LogP contribution in [-0.4, -0.2) is 66.4 Å². The standard InChI is InChI=1S/C21H33N3O6S/c1-5-18-8-6-7-11-24(18)20(25)16(4)29-21(26)17-9-12-23(13-10-17)31(27,28)19-14(2)22-30-15(19)3/h16-18H,5-13H2,1-4H3. The van der Waals surface area contributed by atoms with Crippen LogP contribution in [0.25, 0.3) is 0 Å². The van der Waals surface area contributed by atoms with Crippen LogP contribution in [0.4, 0.5) is 0 Å². The maximum atomic E-state index is 12.9. The Morgan fingerprint density at radius 3 is 2.42 bits per heavy atom. The Morgan fingerprint density at radius 2 is 1.84 bits per heavy atom. The van der Waals surface area contributed by atoms with Gasteiger partial charge in [0.1, 0.15) is 10.6 Å². The number of likely N-dealkylation sites (tertiary alicyclic amines) is 1. The average molecular weight is 456 g/mol. The number of carbonyl (C=O) groups is 2. The van der Waals surface area contributed by atoms with Crippen LogP contribution < -0.4 is 0 Å². The van der Waals surface area contributed by atoms with Crippen LogP contribution in [0.15, 0.2) is 9.42 Å². The zero-order valence-electron chi connectivity index (χ0n) is 18.8. The number of amides is 1. The first-order chi connectivity index (χ1) is 14.7. The quantitative estimate of drug-likeness (QED) is 0.606. The van der Waals surface area contributed by atoms with E-state index in [0.29, 0.717) is 25.1 Å². The van der Waals surface area contributed by atoms with Gasteiger partial charge in [-0.05, 0) is 59.3 Å². The summed E-state index contributed by atoms with van der Waals surface area (Å²) in [4.78, 5) is 27.4. The van der Waals surface area contributed by atoms with Crippen LogP contribution in [0.2, 0.25) is 0 Å². The predicted molar refractivity (Wildman–Crippen MR) is 113 cm³/mol. The van der Waals surface area contributed by atoms with Crippen molar-refractivity contribution in [3.05, 3.63) is 11.5 Å². The molecule has 0 bridgehead atoms. The van der Waals surface area contributed by atoms with Crippen molar-refractivity contribution in [2.24, 2.45) is 5.92 Å². The Morgan fingerprint density at radius 1 is 1.16 bits per heavy atom. The van der Waals surface area contributed by atoms with Crippen molar-refractivity contribution in [3.8, 4) is 0 Å². The van der Waals surface area contributed by atoms with Crippen molar-refractivity contribution in [2.45, 2.75) is 83.3 Å². The second kappa shape index (κ2) is 9.68. The molecule has 0 aromatic carbocycles. The van der Waals surface area contributed by atoms with Gasteiger partial charge in [0.05, 0.1) is 5.92 Å². The van der Waals surface area contributed by atoms with Crippen molar-refractivity contribution in [1.29, 1.82) is 0 Å². The molecule has 2 saturated heterocycles. The number of hydrogen-bond donors (Lipinski definition) is 0. The molecule has 10 heteroatoms. The number of rotatable bonds is 6. The number of piperidine rings is 2. The van der Waals surface area contributed by atoms with Gasteiger partial charge in [0.2, 0.25) is 10.0 Å². The minimum Gasteiger partial charge on any atom is -0.452 e. The number of sulfonamides is 1. The lowest BCUT2D eigenvalue weighted by Crippen LogP contribution is -2.49. The highest BCUT2D eigenvalue weighted by Gasteiger charge is 2.37. The molecule has 3 heterocycles. The van der Waals surface area contributed by atoms with Crippen LogP contribution >= 0.6 is 0 Å². The molecule has 31 heavy (non-hydrogen) atoms. The van der Waals surface area contributed by atoms with Crippen molar-refractivity contribution < 1.29 is 27.3 Å². The highest BCUT2D eigenvalue weighted by atomic mass is 32.2. The number of ether oxygens (including phenoxy) is 1. The first kappa shape index (κ1) is 23.7. The summed E-state index contributed by atoms with van der Waals surface area (Å²) in [6.45, 7) is 7.97. The Bertz CT molecular complexity index is 885. The van der Waals surface area contributed by atoms with Gasteiger partial charge in [-0.1, -0.05) is 12.1 Å². The number of aromatic nitrogens is 1. The van der Waals surface area contributed by atoms with Crippen LogP contribution in [0.5, 0.6) is 0 Å². The largest absolute Gasteiger partial charge is 0.452 e. The number of carbonyl (C=O) groups excluding carboxylic acids is 2. The van der Waals surface area contributed by atoms with Gasteiger partial charge in [-0.15, -0.1) is 0 Å². The third-order valence-corrected chi connectivity index (χ3v) is 8.52. The third-order valence-electron chi connectivity index (χ3n) is 6.38. The third kappa shape index (κ3) is 4.95. The molecule has 9 nitrogen and oxygen atoms in total. The van der Waals surface area contributed by atoms with Crippen LogP contribution in [-0.2, 0) is 24.3 Å². The van der Waals surface area contributed by atoms with E-state index >= 15 is 0 Å². The molecule has 2 aliphatic heterocycles. The van der Waals surface area contributed by atoms with Crippen molar-refractivity contribution in [2.75, 3.05) is 19.6 Å². The van der Waals surface area contributed by atoms with Crippen molar-refractivity contribution in [3.63, 3.8) is 0 Å². The summed E-state index contributed by atoms with van der Waals surface area (Å²) >= 11 is 0. The molecule has 0 saturated carbocycles. The van der Waals surface area contributed by atoms with E-state index in [4.69, 9.17) is 9.26 Å². The highest BCUT2D eigenvalue weighted by Crippen LogP contribution is 2.28. The smallest absolute Gasteiger partial charge is 0.309 e. The number of hydrogen-bond acceptors (Lipinski definition) is 7. The molecule has 2 aliphatic rings. The van der Waals surface area contributed by atoms with E-state index in [2.05, 4.69) is 12.1 Å². The van der Waals surface area contributed by atoms with Gasteiger partial charge >= 0.3 is 5.97 Å². The molecule has 1 aromatic rings. The molecule has 0 radical (unpaired) electrons. The lowest BCUT2D eigenvalue weighted by molar-refractivity contribution is -0.165. The molecular weight excluding hydrogens is 422 g/mol. The number of aryl methyl sites for hydroxylation is 2. The van der Waals surface area contributed by atoms with E-state index in [1.807, 2.05) is 4.90 Å². The van der Waals surface area contributed by atoms with Crippen molar-refractivity contribution >= 4 is 21.9 Å². The molecule has 2 unspecified atom stereocenters. The van der Waals surface area contributed by atoms with Gasteiger partial charge in [-0.2, -0.15) is 4.31 Å². The SMILES string of the molecule is CCC1CCCCN1C(=O)C(C)OC(=O)C1CCN(S(=O)(=O)c2c(C)noc2C)CC1. The van der Waals surface area contributed by atoms with Gasteiger partial charge in [0.25, 0.3) is 5.91 Å². The Labute approximate surface area is 184 Å². The summed E-state index contributed by atoms with van der Waals surface area (Å²) in [5, 5.41) is 3.73. The lowest BCUT2D eigenvalue weighted by atomic mass is 9.98. The summed E-state index contributed by atoms with van der Waals surface area (Å²) in [6.07, 6.45) is 3.84. The molecule has 1 amide bonds. The molecule has 0 spiro atoms. The van der Waals surface area contributed by atoms with E-state index in [-0.39, 0.29) is 35.7 Å². The molecule has 174 valence electrons. The first-order valence-corrected chi connectivity index (χ1v) is 12.5. The number of nitrogens with zero attached hydrogens (tertiary/aromatic N) is 3. The van der Waals surface area contributed by atoms with E-state index in [0.717, 1.165) is 25.7 Å². The monoisotopic (exact) mass is 455 g/mol. The molecule has 2 atom stereocenters. The van der Waals surface area contributed by atoms with Gasteiger partial charge in [-0.25, -0.2) is 8.42 Å². The zero-order chi connectivity index (χ0) is 22.8. The Balaban J connectivity index is 1.56. The second-order valence-electron chi connectivity index (χ2n) is 8.50. The van der Waals surface area contributed by atoms with Crippen molar-refractivity contribution in [1.82, 2.24) is 14.4 Å². The van der Waals surface area contributed by atoms with E-state index in [1.54, 1.807) is 20.8 Å². The fourth-order valence-electron chi connectivity index (χ4n) is 4.57. The molecule has 1 aromatic heterocycles. The Kier molecular flexibility index (Phi) is 7.41. The topological polar surface area (TPSA) is 110 Å². The molecule has 3 rings (SSSR count). The van der Waals surface area contributed by atoms with Crippen LogP contribution in [0.1, 0.15) is 63.8 Å². The summed E-state index contributed by atoms with van der Waals surface area (Å²) in [6, 6.07) is 0.208. The normalized spacial score (nSPS) is 22.3. The van der Waals surface area contributed by atoms with Crippen LogP contribution in [0.3, 0.4) is 0 Å². The fourth-order valence-corrected chi connectivity index (χ4v) is 6.33. The van der Waals surface area contributed by atoms with E-state index < -0.39 is 28.0 Å². The van der Waals surface area contributed by atoms with Crippen LogP contribution in [0, 0.1) is 19.8 Å². The lowest BCUT2D eigenvalue weighted by Gasteiger charge is -2.37. The molecular formula is C21H33N3O6S. The summed E-state index contributed by atoms with van der Waals surface area (Å²) < 4.78 is 37.7.